The molecule has 2 heterocycles. The summed E-state index contributed by atoms with van der Waals surface area (Å²) in [5.41, 5.74) is 3.02. The first-order valence-corrected chi connectivity index (χ1v) is 11.1. The highest BCUT2D eigenvalue weighted by Crippen LogP contribution is 2.25. The van der Waals surface area contributed by atoms with Crippen LogP contribution in [0.5, 0.6) is 0 Å². The number of piperidine rings is 1. The molecule has 9 heteroatoms. The average Bonchev–Trinajstić information content (AvgIpc) is 3.07. The molecular formula is C19H26N4O4S. The summed E-state index contributed by atoms with van der Waals surface area (Å²) in [4.78, 5) is 13.9. The van der Waals surface area contributed by atoms with Gasteiger partial charge in [0.1, 0.15) is 0 Å². The predicted molar refractivity (Wildman–Crippen MR) is 106 cm³/mol. The maximum Gasteiger partial charge on any atom is 0.409 e. The monoisotopic (exact) mass is 406 g/mol. The molecule has 152 valence electrons. The van der Waals surface area contributed by atoms with Gasteiger partial charge in [-0.15, -0.1) is 0 Å². The van der Waals surface area contributed by atoms with E-state index >= 15 is 0 Å². The van der Waals surface area contributed by atoms with Gasteiger partial charge in [0.15, 0.2) is 0 Å². The molecule has 28 heavy (non-hydrogen) atoms. The number of sulfonamides is 1. The molecule has 0 spiro atoms. The van der Waals surface area contributed by atoms with Crippen LogP contribution in [0.4, 0.5) is 4.79 Å². The highest BCUT2D eigenvalue weighted by molar-refractivity contribution is 7.88. The Hall–Kier alpha value is -2.39. The number of aryl methyl sites for hydroxylation is 1. The lowest BCUT2D eigenvalue weighted by Crippen LogP contribution is -2.57. The lowest BCUT2D eigenvalue weighted by molar-refractivity contribution is 0.0792. The number of hydrogen-bond acceptors (Lipinski definition) is 5. The van der Waals surface area contributed by atoms with Crippen LogP contribution >= 0.6 is 0 Å². The van der Waals surface area contributed by atoms with Gasteiger partial charge in [-0.2, -0.15) is 5.10 Å². The molecule has 2 atom stereocenters. The zero-order valence-electron chi connectivity index (χ0n) is 16.3. The molecule has 1 saturated heterocycles. The molecule has 1 fully saturated rings. The number of amides is 1. The van der Waals surface area contributed by atoms with Crippen LogP contribution in [0.25, 0.3) is 11.3 Å². The van der Waals surface area contributed by atoms with Crippen molar-refractivity contribution >= 4 is 16.1 Å². The van der Waals surface area contributed by atoms with Gasteiger partial charge in [0, 0.05) is 31.4 Å². The number of likely N-dealkylation sites (tertiary alicyclic amines) is 1. The Morgan fingerprint density at radius 1 is 1.36 bits per heavy atom. The summed E-state index contributed by atoms with van der Waals surface area (Å²) < 4.78 is 33.1. The first-order chi connectivity index (χ1) is 13.3. The SMILES string of the molecule is COC(=O)N1CCCC(NS(C)(=O)=O)C1Cc1cccc(-c2ccnn2C)c1. The number of methoxy groups -OCH3 is 1. The second-order valence-electron chi connectivity index (χ2n) is 7.11. The molecule has 1 aromatic carbocycles. The van der Waals surface area contributed by atoms with E-state index in [9.17, 15) is 13.2 Å². The van der Waals surface area contributed by atoms with Crippen molar-refractivity contribution in [2.75, 3.05) is 19.9 Å². The average molecular weight is 407 g/mol. The van der Waals surface area contributed by atoms with Crippen LogP contribution in [-0.4, -0.2) is 61.2 Å². The number of aromatic nitrogens is 2. The first kappa shape index (κ1) is 20.3. The number of rotatable bonds is 5. The Balaban J connectivity index is 1.90. The van der Waals surface area contributed by atoms with Gasteiger partial charge in [-0.1, -0.05) is 18.2 Å². The van der Waals surface area contributed by atoms with Crippen molar-refractivity contribution in [3.05, 3.63) is 42.1 Å². The molecule has 8 nitrogen and oxygen atoms in total. The second kappa shape index (κ2) is 8.32. The Labute approximate surface area is 165 Å². The van der Waals surface area contributed by atoms with Crippen LogP contribution in [-0.2, 0) is 28.2 Å². The van der Waals surface area contributed by atoms with E-state index in [0.29, 0.717) is 25.8 Å². The number of hydrogen-bond donors (Lipinski definition) is 1. The van der Waals surface area contributed by atoms with Crippen molar-refractivity contribution in [2.24, 2.45) is 7.05 Å². The molecule has 3 rings (SSSR count). The van der Waals surface area contributed by atoms with Gasteiger partial charge < -0.3 is 9.64 Å². The van der Waals surface area contributed by atoms with Crippen LogP contribution in [0.1, 0.15) is 18.4 Å². The van der Waals surface area contributed by atoms with Gasteiger partial charge in [-0.3, -0.25) is 4.68 Å². The van der Waals surface area contributed by atoms with Gasteiger partial charge in [-0.05, 0) is 37.0 Å². The van der Waals surface area contributed by atoms with E-state index in [0.717, 1.165) is 23.1 Å². The fraction of sp³-hybridized carbons (Fsp3) is 0.474. The summed E-state index contributed by atoms with van der Waals surface area (Å²) in [6.07, 6.45) is 4.36. The van der Waals surface area contributed by atoms with Gasteiger partial charge in [0.25, 0.3) is 0 Å². The lowest BCUT2D eigenvalue weighted by atomic mass is 9.91. The van der Waals surface area contributed by atoms with Gasteiger partial charge in [-0.25, -0.2) is 17.9 Å². The topological polar surface area (TPSA) is 93.5 Å². The molecule has 1 aliphatic rings. The van der Waals surface area contributed by atoms with Gasteiger partial charge in [0.2, 0.25) is 10.0 Å². The van der Waals surface area contributed by atoms with Crippen LogP contribution in [0.3, 0.4) is 0 Å². The standard InChI is InChI=1S/C19H26N4O4S/c1-22-17(9-10-20-22)15-7-4-6-14(12-15)13-18-16(21-28(3,25)26)8-5-11-23(18)19(24)27-2/h4,6-7,9-10,12,16,18,21H,5,8,11,13H2,1-3H3. The molecular weight excluding hydrogens is 380 g/mol. The summed E-state index contributed by atoms with van der Waals surface area (Å²) in [6.45, 7) is 0.542. The Morgan fingerprint density at radius 2 is 2.14 bits per heavy atom. The molecule has 2 unspecified atom stereocenters. The summed E-state index contributed by atoms with van der Waals surface area (Å²) in [5, 5.41) is 4.21. The normalized spacial score (nSPS) is 20.2. The molecule has 1 aromatic heterocycles. The smallest absolute Gasteiger partial charge is 0.409 e. The minimum absolute atomic E-state index is 0.322. The van der Waals surface area contributed by atoms with E-state index in [1.54, 1.807) is 15.8 Å². The molecule has 1 amide bonds. The van der Waals surface area contributed by atoms with Crippen molar-refractivity contribution in [2.45, 2.75) is 31.3 Å². The molecule has 2 aromatic rings. The fourth-order valence-electron chi connectivity index (χ4n) is 3.82. The van der Waals surface area contributed by atoms with E-state index in [1.807, 2.05) is 31.3 Å². The van der Waals surface area contributed by atoms with Crippen molar-refractivity contribution in [1.29, 1.82) is 0 Å². The minimum Gasteiger partial charge on any atom is -0.453 e. The predicted octanol–water partition coefficient (Wildman–Crippen LogP) is 1.78. The van der Waals surface area contributed by atoms with E-state index in [1.165, 1.54) is 7.11 Å². The Bertz CT molecular complexity index is 941. The maximum absolute atomic E-state index is 12.3. The Kier molecular flexibility index (Phi) is 6.04. The molecule has 0 saturated carbocycles. The van der Waals surface area contributed by atoms with E-state index < -0.39 is 16.1 Å². The summed E-state index contributed by atoms with van der Waals surface area (Å²) in [7, 11) is -0.168. The molecule has 1 N–H and O–H groups in total. The van der Waals surface area contributed by atoms with Gasteiger partial charge in [0.05, 0.1) is 25.1 Å². The molecule has 1 aliphatic heterocycles. The van der Waals surface area contributed by atoms with Crippen molar-refractivity contribution in [3.8, 4) is 11.3 Å². The number of carbonyl (C=O) groups excluding carboxylic acids is 1. The van der Waals surface area contributed by atoms with E-state index in [2.05, 4.69) is 15.9 Å². The van der Waals surface area contributed by atoms with Crippen LogP contribution in [0, 0.1) is 0 Å². The zero-order chi connectivity index (χ0) is 20.3. The molecule has 0 aliphatic carbocycles. The molecule has 0 bridgehead atoms. The summed E-state index contributed by atoms with van der Waals surface area (Å²) in [6, 6.07) is 9.27. The fourth-order valence-corrected chi connectivity index (χ4v) is 4.65. The summed E-state index contributed by atoms with van der Waals surface area (Å²) >= 11 is 0. The number of nitrogens with zero attached hydrogens (tertiary/aromatic N) is 3. The number of nitrogens with one attached hydrogen (secondary N) is 1. The largest absolute Gasteiger partial charge is 0.453 e. The van der Waals surface area contributed by atoms with E-state index in [-0.39, 0.29) is 12.1 Å². The first-order valence-electron chi connectivity index (χ1n) is 9.17. The van der Waals surface area contributed by atoms with Gasteiger partial charge >= 0.3 is 6.09 Å². The van der Waals surface area contributed by atoms with Crippen LogP contribution < -0.4 is 4.72 Å². The maximum atomic E-state index is 12.3. The summed E-state index contributed by atoms with van der Waals surface area (Å²) in [5.74, 6) is 0. The third kappa shape index (κ3) is 4.71. The highest BCUT2D eigenvalue weighted by Gasteiger charge is 2.36. The number of carbonyl (C=O) groups is 1. The zero-order valence-corrected chi connectivity index (χ0v) is 17.1. The van der Waals surface area contributed by atoms with Crippen molar-refractivity contribution < 1.29 is 17.9 Å². The lowest BCUT2D eigenvalue weighted by Gasteiger charge is -2.40. The highest BCUT2D eigenvalue weighted by atomic mass is 32.2. The van der Waals surface area contributed by atoms with Crippen molar-refractivity contribution in [1.82, 2.24) is 19.4 Å². The van der Waals surface area contributed by atoms with Crippen LogP contribution in [0.15, 0.2) is 36.5 Å². The second-order valence-corrected chi connectivity index (χ2v) is 8.89. The quantitative estimate of drug-likeness (QED) is 0.817. The number of ether oxygens (including phenoxy) is 1. The third-order valence-electron chi connectivity index (χ3n) is 5.04. The number of benzene rings is 1. The molecule has 0 radical (unpaired) electrons. The van der Waals surface area contributed by atoms with Crippen LogP contribution in [0.2, 0.25) is 0 Å². The minimum atomic E-state index is -3.39. The Morgan fingerprint density at radius 3 is 2.79 bits per heavy atom. The van der Waals surface area contributed by atoms with Crippen molar-refractivity contribution in [3.63, 3.8) is 0 Å². The van der Waals surface area contributed by atoms with E-state index in [4.69, 9.17) is 4.74 Å². The third-order valence-corrected chi connectivity index (χ3v) is 5.77.